The molecule has 114 valence electrons. The predicted octanol–water partition coefficient (Wildman–Crippen LogP) is 5.01. The lowest BCUT2D eigenvalue weighted by molar-refractivity contribution is -0.143. The first-order valence-electron chi connectivity index (χ1n) is 5.73. The van der Waals surface area contributed by atoms with Crippen LogP contribution in [0.2, 0.25) is 0 Å². The molecule has 0 unspecified atom stereocenters. The van der Waals surface area contributed by atoms with Gasteiger partial charge in [-0.1, -0.05) is 13.8 Å². The van der Waals surface area contributed by atoms with Crippen LogP contribution in [-0.2, 0) is 17.8 Å². The minimum Gasteiger partial charge on any atom is -0.664 e. The maximum Gasteiger partial charge on any atom is 0.416 e. The first-order valence-corrected chi connectivity index (χ1v) is 5.73. The van der Waals surface area contributed by atoms with Crippen LogP contribution in [0.1, 0.15) is 30.5 Å². The lowest BCUT2D eigenvalue weighted by Crippen LogP contribution is -2.24. The van der Waals surface area contributed by atoms with Crippen LogP contribution >= 0.6 is 0 Å². The molecule has 0 spiro atoms. The Morgan fingerprint density at radius 3 is 1.45 bits per heavy atom. The maximum atomic E-state index is 12.7. The first kappa shape index (κ1) is 16.8. The van der Waals surface area contributed by atoms with Crippen molar-refractivity contribution < 1.29 is 26.3 Å². The van der Waals surface area contributed by atoms with Crippen LogP contribution in [0.3, 0.4) is 0 Å². The molecular weight excluding hydrogens is 284 g/mol. The van der Waals surface area contributed by atoms with E-state index in [1.165, 1.54) is 7.05 Å². The van der Waals surface area contributed by atoms with Crippen LogP contribution in [0.25, 0.3) is 5.32 Å². The van der Waals surface area contributed by atoms with Crippen LogP contribution in [0, 0.1) is 0 Å². The molecule has 0 bridgehead atoms. The van der Waals surface area contributed by atoms with Gasteiger partial charge in [0, 0.05) is 0 Å². The summed E-state index contributed by atoms with van der Waals surface area (Å²) in [4.78, 5) is 0. The molecule has 1 aromatic rings. The van der Waals surface area contributed by atoms with Crippen molar-refractivity contribution in [2.45, 2.75) is 31.6 Å². The minimum atomic E-state index is -4.82. The fourth-order valence-electron chi connectivity index (χ4n) is 1.83. The molecule has 1 aromatic carbocycles. The number of nitrogens with zero attached hydrogens (tertiary/aromatic N) is 1. The second-order valence-electron chi connectivity index (χ2n) is 5.15. The summed E-state index contributed by atoms with van der Waals surface area (Å²) in [5.74, 6) is 0. The average molecular weight is 298 g/mol. The third-order valence-electron chi connectivity index (χ3n) is 2.92. The second kappa shape index (κ2) is 5.27. The minimum absolute atomic E-state index is 0.0368. The van der Waals surface area contributed by atoms with Crippen molar-refractivity contribution in [3.8, 4) is 0 Å². The Balaban J connectivity index is 3.46. The lowest BCUT2D eigenvalue weighted by atomic mass is 9.82. The van der Waals surface area contributed by atoms with E-state index in [0.29, 0.717) is 0 Å². The molecule has 7 heteroatoms. The van der Waals surface area contributed by atoms with Crippen molar-refractivity contribution in [1.82, 2.24) is 0 Å². The molecule has 0 aromatic heterocycles. The van der Waals surface area contributed by atoms with Crippen molar-refractivity contribution in [3.63, 3.8) is 0 Å². The van der Waals surface area contributed by atoms with E-state index in [1.54, 1.807) is 13.8 Å². The molecule has 0 amide bonds. The Morgan fingerprint density at radius 1 is 0.800 bits per heavy atom. The molecule has 0 aliphatic rings. The third-order valence-corrected chi connectivity index (χ3v) is 2.92. The molecule has 0 saturated carbocycles. The molecule has 0 heterocycles. The molecule has 0 fully saturated rings. The SMILES string of the molecule is C[N-]CC(C)(C)c1cc(C(F)(F)F)cc(C(F)(F)F)c1. The van der Waals surface area contributed by atoms with Crippen molar-refractivity contribution >= 4 is 0 Å². The molecule has 0 atom stereocenters. The van der Waals surface area contributed by atoms with Crippen LogP contribution < -0.4 is 0 Å². The number of hydrogen-bond acceptors (Lipinski definition) is 0. The molecule has 0 radical (unpaired) electrons. The zero-order valence-corrected chi connectivity index (χ0v) is 11.2. The zero-order chi connectivity index (χ0) is 15.8. The van der Waals surface area contributed by atoms with E-state index in [-0.39, 0.29) is 18.2 Å². The number of likely N-dealkylation sites (N-methyl/N-ethyl adjacent to an activating group) is 1. The molecule has 0 aliphatic carbocycles. The molecule has 0 aliphatic heterocycles. The van der Waals surface area contributed by atoms with Gasteiger partial charge >= 0.3 is 12.4 Å². The van der Waals surface area contributed by atoms with E-state index in [9.17, 15) is 26.3 Å². The van der Waals surface area contributed by atoms with Crippen LogP contribution in [0.4, 0.5) is 26.3 Å². The monoisotopic (exact) mass is 298 g/mol. The Morgan fingerprint density at radius 2 is 1.15 bits per heavy atom. The summed E-state index contributed by atoms with van der Waals surface area (Å²) >= 11 is 0. The zero-order valence-electron chi connectivity index (χ0n) is 11.2. The van der Waals surface area contributed by atoms with Crippen LogP contribution in [0.5, 0.6) is 0 Å². The summed E-state index contributed by atoms with van der Waals surface area (Å²) in [5.41, 5.74) is -3.54. The normalized spacial score (nSPS) is 13.7. The Labute approximate surface area is 113 Å². The highest BCUT2D eigenvalue weighted by Gasteiger charge is 2.38. The molecule has 20 heavy (non-hydrogen) atoms. The van der Waals surface area contributed by atoms with Gasteiger partial charge < -0.3 is 5.32 Å². The highest BCUT2D eigenvalue weighted by Crippen LogP contribution is 2.39. The van der Waals surface area contributed by atoms with Crippen molar-refractivity contribution in [2.24, 2.45) is 0 Å². The van der Waals surface area contributed by atoms with E-state index >= 15 is 0 Å². The molecular formula is C13H14F6N-. The topological polar surface area (TPSA) is 14.1 Å². The van der Waals surface area contributed by atoms with E-state index < -0.39 is 28.9 Å². The highest BCUT2D eigenvalue weighted by molar-refractivity contribution is 5.38. The molecule has 0 N–H and O–H groups in total. The smallest absolute Gasteiger partial charge is 0.416 e. The second-order valence-corrected chi connectivity index (χ2v) is 5.15. The highest BCUT2D eigenvalue weighted by atomic mass is 19.4. The van der Waals surface area contributed by atoms with Gasteiger partial charge in [-0.25, -0.2) is 0 Å². The fourth-order valence-corrected chi connectivity index (χ4v) is 1.83. The standard InChI is InChI=1S/C13H14F6N/c1-11(2,7-20-3)8-4-9(12(14,15)16)6-10(5-8)13(17,18)19/h4-6H,7H2,1-3H3/q-1. The number of hydrogen-bond donors (Lipinski definition) is 0. The van der Waals surface area contributed by atoms with Gasteiger partial charge in [0.2, 0.25) is 0 Å². The summed E-state index contributed by atoms with van der Waals surface area (Å²) < 4.78 is 76.3. The summed E-state index contributed by atoms with van der Waals surface area (Å²) in [6.07, 6.45) is -9.65. The van der Waals surface area contributed by atoms with E-state index in [2.05, 4.69) is 5.32 Å². The Hall–Kier alpha value is -1.24. The third kappa shape index (κ3) is 3.88. The van der Waals surface area contributed by atoms with Gasteiger partial charge in [-0.05, 0) is 29.2 Å². The number of rotatable bonds is 3. The average Bonchev–Trinajstić information content (AvgIpc) is 2.26. The Kier molecular flexibility index (Phi) is 4.43. The van der Waals surface area contributed by atoms with Gasteiger partial charge in [0.25, 0.3) is 0 Å². The van der Waals surface area contributed by atoms with Gasteiger partial charge in [0.1, 0.15) is 0 Å². The largest absolute Gasteiger partial charge is 0.664 e. The first-order chi connectivity index (χ1) is 8.88. The fraction of sp³-hybridized carbons (Fsp3) is 0.538. The predicted molar refractivity (Wildman–Crippen MR) is 63.6 cm³/mol. The van der Waals surface area contributed by atoms with Gasteiger partial charge in [-0.3, -0.25) is 0 Å². The molecule has 1 nitrogen and oxygen atoms in total. The molecule has 1 rings (SSSR count). The Bertz CT molecular complexity index is 440. The van der Waals surface area contributed by atoms with Gasteiger partial charge in [-0.15, -0.1) is 6.54 Å². The number of alkyl halides is 6. The molecule has 0 saturated heterocycles. The summed E-state index contributed by atoms with van der Waals surface area (Å²) in [7, 11) is 1.46. The van der Waals surface area contributed by atoms with E-state index in [1.807, 2.05) is 0 Å². The lowest BCUT2D eigenvalue weighted by Gasteiger charge is -2.33. The summed E-state index contributed by atoms with van der Waals surface area (Å²) in [6, 6.07) is 1.63. The van der Waals surface area contributed by atoms with Crippen molar-refractivity contribution in [3.05, 3.63) is 40.2 Å². The summed E-state index contributed by atoms with van der Waals surface area (Å²) in [5, 5.41) is 3.80. The number of halogens is 6. The van der Waals surface area contributed by atoms with Gasteiger partial charge in [0.15, 0.2) is 0 Å². The van der Waals surface area contributed by atoms with Gasteiger partial charge in [-0.2, -0.15) is 33.4 Å². The van der Waals surface area contributed by atoms with Crippen molar-refractivity contribution in [1.29, 1.82) is 0 Å². The quantitative estimate of drug-likeness (QED) is 0.697. The summed E-state index contributed by atoms with van der Waals surface area (Å²) in [6.45, 7) is 3.23. The maximum absolute atomic E-state index is 12.7. The number of benzene rings is 1. The van der Waals surface area contributed by atoms with Crippen molar-refractivity contribution in [2.75, 3.05) is 13.6 Å². The van der Waals surface area contributed by atoms with Gasteiger partial charge in [0.05, 0.1) is 11.1 Å². The van der Waals surface area contributed by atoms with Crippen LogP contribution in [0.15, 0.2) is 18.2 Å². The van der Waals surface area contributed by atoms with E-state index in [0.717, 1.165) is 12.1 Å². The van der Waals surface area contributed by atoms with E-state index in [4.69, 9.17) is 0 Å². The van der Waals surface area contributed by atoms with Crippen LogP contribution in [-0.4, -0.2) is 13.6 Å².